The van der Waals surface area contributed by atoms with Crippen LogP contribution in [0.5, 0.6) is 0 Å². The third-order valence-electron chi connectivity index (χ3n) is 3.32. The SMILES string of the molecule is C=C(CCNC(=O)C1CN1SOCCOC)NC(=O)CO/C=C/C=C(/Cl)C(=C)F. The van der Waals surface area contributed by atoms with E-state index in [1.807, 2.05) is 0 Å². The molecule has 2 atom stereocenters. The van der Waals surface area contributed by atoms with Crippen molar-refractivity contribution in [3.05, 3.63) is 48.1 Å². The van der Waals surface area contributed by atoms with Crippen LogP contribution < -0.4 is 10.6 Å². The number of methoxy groups -OCH3 is 1. The molecule has 0 bridgehead atoms. The Balaban J connectivity index is 2.09. The molecule has 2 amide bonds. The molecule has 0 aromatic rings. The molecule has 0 aromatic heterocycles. The Morgan fingerprint density at radius 3 is 2.83 bits per heavy atom. The highest BCUT2D eigenvalue weighted by Crippen LogP contribution is 2.28. The van der Waals surface area contributed by atoms with Gasteiger partial charge in [-0.1, -0.05) is 24.8 Å². The van der Waals surface area contributed by atoms with Crippen LogP contribution in [0.3, 0.4) is 0 Å². The number of halogens is 2. The van der Waals surface area contributed by atoms with Gasteiger partial charge in [-0.05, 0) is 12.2 Å². The minimum absolute atomic E-state index is 0.108. The van der Waals surface area contributed by atoms with Gasteiger partial charge < -0.3 is 20.1 Å². The number of rotatable bonds is 15. The lowest BCUT2D eigenvalue weighted by Gasteiger charge is -2.09. The standard InChI is InChI=1S/C18H25ClFN3O5S/c1-13(22-17(24)12-27-8-4-5-15(19)14(2)20)6-7-21-18(25)16-11-23(16)29-28-10-9-26-3/h4-5,8,16H,1-2,6-7,9-12H2,3H3,(H,21,25)(H,22,24)/b8-4+,15-5+. The molecule has 1 aliphatic rings. The van der Waals surface area contributed by atoms with Gasteiger partial charge in [-0.2, -0.15) is 0 Å². The Bertz CT molecular complexity index is 659. The quantitative estimate of drug-likeness (QED) is 0.0988. The maximum atomic E-state index is 12.6. The van der Waals surface area contributed by atoms with Crippen molar-refractivity contribution >= 4 is 35.6 Å². The average Bonchev–Trinajstić information content (AvgIpc) is 3.44. The molecule has 1 aliphatic heterocycles. The lowest BCUT2D eigenvalue weighted by Crippen LogP contribution is -2.32. The summed E-state index contributed by atoms with van der Waals surface area (Å²) in [5.74, 6) is -1.28. The first-order valence-electron chi connectivity index (χ1n) is 8.64. The molecule has 2 N–H and O–H groups in total. The summed E-state index contributed by atoms with van der Waals surface area (Å²) in [5, 5.41) is 5.18. The molecule has 1 saturated heterocycles. The Hall–Kier alpha value is -1.85. The van der Waals surface area contributed by atoms with Crippen molar-refractivity contribution in [3.63, 3.8) is 0 Å². The van der Waals surface area contributed by atoms with Crippen LogP contribution in [0, 0.1) is 0 Å². The minimum atomic E-state index is -0.763. The summed E-state index contributed by atoms with van der Waals surface area (Å²) in [7, 11) is 1.59. The molecule has 0 radical (unpaired) electrons. The number of amides is 2. The van der Waals surface area contributed by atoms with Crippen molar-refractivity contribution in [1.29, 1.82) is 0 Å². The smallest absolute Gasteiger partial charge is 0.261 e. The lowest BCUT2D eigenvalue weighted by atomic mass is 10.3. The van der Waals surface area contributed by atoms with Crippen molar-refractivity contribution in [2.45, 2.75) is 12.5 Å². The van der Waals surface area contributed by atoms with Gasteiger partial charge in [0.15, 0.2) is 6.61 Å². The highest BCUT2D eigenvalue weighted by molar-refractivity contribution is 7.92. The van der Waals surface area contributed by atoms with E-state index < -0.39 is 11.7 Å². The third kappa shape index (κ3) is 11.7. The number of carbonyl (C=O) groups excluding carboxylic acids is 2. The molecule has 0 spiro atoms. The number of carbonyl (C=O) groups is 2. The van der Waals surface area contributed by atoms with Crippen LogP contribution >= 0.6 is 23.8 Å². The maximum absolute atomic E-state index is 12.6. The molecule has 29 heavy (non-hydrogen) atoms. The first-order chi connectivity index (χ1) is 13.8. The molecule has 8 nitrogen and oxygen atoms in total. The fourth-order valence-corrected chi connectivity index (χ4v) is 2.54. The number of nitrogens with one attached hydrogen (secondary N) is 2. The maximum Gasteiger partial charge on any atom is 0.261 e. The second-order valence-electron chi connectivity index (χ2n) is 5.76. The minimum Gasteiger partial charge on any atom is -0.491 e. The predicted octanol–water partition coefficient (Wildman–Crippen LogP) is 2.17. The van der Waals surface area contributed by atoms with E-state index in [9.17, 15) is 14.0 Å². The topological polar surface area (TPSA) is 88.9 Å². The number of ether oxygens (including phenoxy) is 2. The second kappa shape index (κ2) is 14.2. The van der Waals surface area contributed by atoms with Crippen LogP contribution in [-0.4, -0.2) is 62.2 Å². The zero-order chi connectivity index (χ0) is 21.6. The van der Waals surface area contributed by atoms with Gasteiger partial charge in [-0.25, -0.2) is 8.70 Å². The number of nitrogens with zero attached hydrogens (tertiary/aromatic N) is 1. The van der Waals surface area contributed by atoms with Crippen LogP contribution in [0.15, 0.2) is 48.1 Å². The number of hydrogen-bond donors (Lipinski definition) is 2. The molecular weight excluding hydrogens is 425 g/mol. The highest BCUT2D eigenvalue weighted by Gasteiger charge is 2.41. The van der Waals surface area contributed by atoms with Gasteiger partial charge in [-0.15, -0.1) is 0 Å². The van der Waals surface area contributed by atoms with Crippen molar-refractivity contribution in [3.8, 4) is 0 Å². The summed E-state index contributed by atoms with van der Waals surface area (Å²) in [4.78, 5) is 23.7. The summed E-state index contributed by atoms with van der Waals surface area (Å²) >= 11 is 6.65. The second-order valence-corrected chi connectivity index (χ2v) is 7.02. The molecule has 0 aliphatic carbocycles. The summed E-state index contributed by atoms with van der Waals surface area (Å²) in [6, 6.07) is -0.220. The molecule has 162 valence electrons. The first kappa shape index (κ1) is 25.2. The van der Waals surface area contributed by atoms with Crippen LogP contribution in [0.1, 0.15) is 6.42 Å². The van der Waals surface area contributed by atoms with Gasteiger partial charge in [0.1, 0.15) is 11.9 Å². The van der Waals surface area contributed by atoms with Crippen molar-refractivity contribution in [2.75, 3.05) is 40.0 Å². The predicted molar refractivity (Wildman–Crippen MR) is 110 cm³/mol. The lowest BCUT2D eigenvalue weighted by molar-refractivity contribution is -0.123. The largest absolute Gasteiger partial charge is 0.491 e. The van der Waals surface area contributed by atoms with Crippen molar-refractivity contribution in [2.24, 2.45) is 0 Å². The molecule has 1 rings (SSSR count). The van der Waals surface area contributed by atoms with Crippen molar-refractivity contribution in [1.82, 2.24) is 14.9 Å². The fourth-order valence-electron chi connectivity index (χ4n) is 1.79. The fraction of sp³-hybridized carbons (Fsp3) is 0.444. The summed E-state index contributed by atoms with van der Waals surface area (Å²) in [6.45, 7) is 8.41. The van der Waals surface area contributed by atoms with E-state index in [0.717, 1.165) is 12.2 Å². The summed E-state index contributed by atoms with van der Waals surface area (Å²) < 4.78 is 29.5. The van der Waals surface area contributed by atoms with E-state index in [2.05, 4.69) is 23.8 Å². The van der Waals surface area contributed by atoms with E-state index in [0.29, 0.717) is 38.4 Å². The third-order valence-corrected chi connectivity index (χ3v) is 4.52. The van der Waals surface area contributed by atoms with Crippen molar-refractivity contribution < 1.29 is 27.6 Å². The van der Waals surface area contributed by atoms with E-state index in [-0.39, 0.29) is 23.6 Å². The van der Waals surface area contributed by atoms with Gasteiger partial charge in [0.05, 0.1) is 36.7 Å². The molecule has 1 heterocycles. The van der Waals surface area contributed by atoms with Crippen LogP contribution in [0.25, 0.3) is 0 Å². The number of hydrogen-bond acceptors (Lipinski definition) is 7. The first-order valence-corrected chi connectivity index (χ1v) is 9.72. The number of allylic oxidation sites excluding steroid dienone is 4. The molecule has 1 fully saturated rings. The Kier molecular flexibility index (Phi) is 12.3. The van der Waals surface area contributed by atoms with Gasteiger partial charge >= 0.3 is 0 Å². The molecule has 2 unspecified atom stereocenters. The highest BCUT2D eigenvalue weighted by atomic mass is 35.5. The average molecular weight is 450 g/mol. The van der Waals surface area contributed by atoms with Crippen LogP contribution in [-0.2, 0) is 23.2 Å². The zero-order valence-corrected chi connectivity index (χ0v) is 17.7. The van der Waals surface area contributed by atoms with Gasteiger partial charge in [0.25, 0.3) is 5.91 Å². The Labute approximate surface area is 179 Å². The summed E-state index contributed by atoms with van der Waals surface area (Å²) in [5.41, 5.74) is 0.449. The van der Waals surface area contributed by atoms with Gasteiger partial charge in [-0.3, -0.25) is 13.8 Å². The zero-order valence-electron chi connectivity index (χ0n) is 16.1. The van der Waals surface area contributed by atoms with E-state index in [4.69, 9.17) is 25.3 Å². The van der Waals surface area contributed by atoms with Gasteiger partial charge in [0, 0.05) is 32.3 Å². The Morgan fingerprint density at radius 2 is 2.14 bits per heavy atom. The molecule has 0 saturated carbocycles. The summed E-state index contributed by atoms with van der Waals surface area (Å²) in [6.07, 6.45) is 4.17. The van der Waals surface area contributed by atoms with E-state index in [1.165, 1.54) is 18.4 Å². The van der Waals surface area contributed by atoms with E-state index in [1.54, 1.807) is 11.4 Å². The molecular formula is C18H25ClFN3O5S. The van der Waals surface area contributed by atoms with Crippen LogP contribution in [0.2, 0.25) is 0 Å². The molecule has 0 aromatic carbocycles. The molecule has 11 heteroatoms. The van der Waals surface area contributed by atoms with Gasteiger partial charge in [0.2, 0.25) is 5.91 Å². The Morgan fingerprint density at radius 1 is 1.38 bits per heavy atom. The van der Waals surface area contributed by atoms with Crippen LogP contribution in [0.4, 0.5) is 4.39 Å². The normalized spacial score (nSPS) is 18.4. The monoisotopic (exact) mass is 449 g/mol. The van der Waals surface area contributed by atoms with E-state index >= 15 is 0 Å².